The molecule has 0 atom stereocenters. The highest BCUT2D eigenvalue weighted by atomic mass is 19.1. The molecule has 1 aliphatic rings. The fraction of sp³-hybridized carbons (Fsp3) is 0.158. The number of allylic oxidation sites excluding steroid dienone is 1. The number of carbonyl (C=O) groups is 2. The molecule has 1 saturated heterocycles. The summed E-state index contributed by atoms with van der Waals surface area (Å²) in [4.78, 5) is 25.6. The molecule has 2 aromatic rings. The number of hydrogen-bond donors (Lipinski definition) is 0. The van der Waals surface area contributed by atoms with E-state index in [0.29, 0.717) is 17.5 Å². The van der Waals surface area contributed by atoms with Gasteiger partial charge in [0.2, 0.25) is 5.91 Å². The lowest BCUT2D eigenvalue weighted by Crippen LogP contribution is -2.23. The second-order valence-electron chi connectivity index (χ2n) is 5.41. The highest BCUT2D eigenvalue weighted by molar-refractivity contribution is 6.07. The molecular weight excluding hydrogens is 293 g/mol. The monoisotopic (exact) mass is 309 g/mol. The van der Waals surface area contributed by atoms with Crippen LogP contribution < -0.4 is 4.90 Å². The topological polar surface area (TPSA) is 37.4 Å². The van der Waals surface area contributed by atoms with Gasteiger partial charge in [-0.3, -0.25) is 9.59 Å². The van der Waals surface area contributed by atoms with Gasteiger partial charge < -0.3 is 4.90 Å². The maximum absolute atomic E-state index is 13.5. The van der Waals surface area contributed by atoms with Crippen molar-refractivity contribution in [1.82, 2.24) is 0 Å². The standard InChI is InChI=1S/C19H16FNO2/c20-17-5-2-1-4-14(17)9-12-18(22)15-7-10-16(11-8-15)21-13-3-6-19(21)23/h1-2,4-5,7-12H,3,6,13H2/b12-9+. The zero-order valence-electron chi connectivity index (χ0n) is 12.5. The Balaban J connectivity index is 1.73. The Bertz CT molecular complexity index is 765. The molecule has 0 bridgehead atoms. The van der Waals surface area contributed by atoms with Gasteiger partial charge in [-0.2, -0.15) is 0 Å². The summed E-state index contributed by atoms with van der Waals surface area (Å²) in [6.07, 6.45) is 4.26. The van der Waals surface area contributed by atoms with E-state index < -0.39 is 0 Å². The van der Waals surface area contributed by atoms with Crippen molar-refractivity contribution in [3.05, 3.63) is 71.6 Å². The average Bonchev–Trinajstić information content (AvgIpc) is 3.00. The number of amides is 1. The minimum Gasteiger partial charge on any atom is -0.312 e. The molecule has 1 heterocycles. The largest absolute Gasteiger partial charge is 0.312 e. The summed E-state index contributed by atoms with van der Waals surface area (Å²) in [6, 6.07) is 13.2. The van der Waals surface area contributed by atoms with Gasteiger partial charge in [0.05, 0.1) is 0 Å². The van der Waals surface area contributed by atoms with Gasteiger partial charge >= 0.3 is 0 Å². The van der Waals surface area contributed by atoms with Crippen molar-refractivity contribution in [2.45, 2.75) is 12.8 Å². The Morgan fingerprint density at radius 3 is 2.48 bits per heavy atom. The summed E-state index contributed by atoms with van der Waals surface area (Å²) in [6.45, 7) is 0.722. The number of ketones is 1. The average molecular weight is 309 g/mol. The number of anilines is 1. The van der Waals surface area contributed by atoms with Crippen molar-refractivity contribution in [2.24, 2.45) is 0 Å². The van der Waals surface area contributed by atoms with Crippen molar-refractivity contribution in [3.8, 4) is 0 Å². The first-order valence-corrected chi connectivity index (χ1v) is 7.52. The number of benzene rings is 2. The molecule has 0 saturated carbocycles. The van der Waals surface area contributed by atoms with Crippen LogP contribution in [0.4, 0.5) is 10.1 Å². The molecule has 3 nitrogen and oxygen atoms in total. The van der Waals surface area contributed by atoms with E-state index in [9.17, 15) is 14.0 Å². The van der Waals surface area contributed by atoms with Crippen LogP contribution in [0.2, 0.25) is 0 Å². The van der Waals surface area contributed by atoms with Crippen molar-refractivity contribution in [1.29, 1.82) is 0 Å². The highest BCUT2D eigenvalue weighted by Gasteiger charge is 2.21. The predicted octanol–water partition coefficient (Wildman–Crippen LogP) is 3.85. The van der Waals surface area contributed by atoms with Crippen LogP contribution in [-0.4, -0.2) is 18.2 Å². The third-order valence-electron chi connectivity index (χ3n) is 3.86. The fourth-order valence-corrected chi connectivity index (χ4v) is 2.60. The smallest absolute Gasteiger partial charge is 0.227 e. The molecule has 0 unspecified atom stereocenters. The molecule has 0 spiro atoms. The summed E-state index contributed by atoms with van der Waals surface area (Å²) in [5.74, 6) is -0.449. The van der Waals surface area contributed by atoms with Crippen LogP contribution in [0, 0.1) is 5.82 Å². The third kappa shape index (κ3) is 3.37. The van der Waals surface area contributed by atoms with Gasteiger partial charge in [0.25, 0.3) is 0 Å². The van der Waals surface area contributed by atoms with Gasteiger partial charge in [-0.25, -0.2) is 4.39 Å². The van der Waals surface area contributed by atoms with Crippen LogP contribution >= 0.6 is 0 Å². The summed E-state index contributed by atoms with van der Waals surface area (Å²) in [5.41, 5.74) is 1.69. The third-order valence-corrected chi connectivity index (χ3v) is 3.86. The minimum atomic E-state index is -0.362. The SMILES string of the molecule is O=C(/C=C/c1ccccc1F)c1ccc(N2CCCC2=O)cc1. The Labute approximate surface area is 134 Å². The molecular formula is C19H16FNO2. The molecule has 3 rings (SSSR count). The lowest BCUT2D eigenvalue weighted by atomic mass is 10.1. The van der Waals surface area contributed by atoms with E-state index in [2.05, 4.69) is 0 Å². The highest BCUT2D eigenvalue weighted by Crippen LogP contribution is 2.22. The van der Waals surface area contributed by atoms with Crippen LogP contribution in [0.3, 0.4) is 0 Å². The molecule has 0 aliphatic carbocycles. The van der Waals surface area contributed by atoms with E-state index in [1.165, 1.54) is 18.2 Å². The Morgan fingerprint density at radius 2 is 1.83 bits per heavy atom. The maximum Gasteiger partial charge on any atom is 0.227 e. The first-order chi connectivity index (χ1) is 11.1. The predicted molar refractivity (Wildman–Crippen MR) is 87.8 cm³/mol. The lowest BCUT2D eigenvalue weighted by Gasteiger charge is -2.15. The van der Waals surface area contributed by atoms with Crippen molar-refractivity contribution in [2.75, 3.05) is 11.4 Å². The van der Waals surface area contributed by atoms with Crippen molar-refractivity contribution < 1.29 is 14.0 Å². The molecule has 23 heavy (non-hydrogen) atoms. The van der Waals surface area contributed by atoms with E-state index in [-0.39, 0.29) is 17.5 Å². The Hall–Kier alpha value is -2.75. The van der Waals surface area contributed by atoms with E-state index in [4.69, 9.17) is 0 Å². The quantitative estimate of drug-likeness (QED) is 0.635. The zero-order chi connectivity index (χ0) is 16.2. The molecule has 116 valence electrons. The summed E-state index contributed by atoms with van der Waals surface area (Å²) >= 11 is 0. The van der Waals surface area contributed by atoms with E-state index in [1.807, 2.05) is 0 Å². The van der Waals surface area contributed by atoms with Gasteiger partial charge in [0.1, 0.15) is 5.82 Å². The normalized spacial score (nSPS) is 14.7. The molecule has 1 fully saturated rings. The molecule has 0 N–H and O–H groups in total. The van der Waals surface area contributed by atoms with Gasteiger partial charge in [-0.05, 0) is 48.9 Å². The molecule has 1 amide bonds. The van der Waals surface area contributed by atoms with Gasteiger partial charge in [0.15, 0.2) is 5.78 Å². The van der Waals surface area contributed by atoms with E-state index >= 15 is 0 Å². The van der Waals surface area contributed by atoms with Crippen molar-refractivity contribution >= 4 is 23.5 Å². The van der Waals surface area contributed by atoms with E-state index in [0.717, 1.165) is 18.7 Å². The van der Waals surface area contributed by atoms with Crippen LogP contribution in [0.5, 0.6) is 0 Å². The molecule has 2 aromatic carbocycles. The lowest BCUT2D eigenvalue weighted by molar-refractivity contribution is -0.117. The van der Waals surface area contributed by atoms with Gasteiger partial charge in [-0.1, -0.05) is 18.2 Å². The maximum atomic E-state index is 13.5. The number of halogens is 1. The summed E-state index contributed by atoms with van der Waals surface area (Å²) < 4.78 is 13.5. The number of hydrogen-bond acceptors (Lipinski definition) is 2. The van der Waals surface area contributed by atoms with Crippen LogP contribution in [0.15, 0.2) is 54.6 Å². The second kappa shape index (κ2) is 6.57. The Kier molecular flexibility index (Phi) is 4.33. The second-order valence-corrected chi connectivity index (χ2v) is 5.41. The van der Waals surface area contributed by atoms with Crippen LogP contribution in [-0.2, 0) is 4.79 Å². The number of nitrogens with zero attached hydrogens (tertiary/aromatic N) is 1. The molecule has 1 aliphatic heterocycles. The Morgan fingerprint density at radius 1 is 1.09 bits per heavy atom. The fourth-order valence-electron chi connectivity index (χ4n) is 2.60. The van der Waals surface area contributed by atoms with Crippen LogP contribution in [0.25, 0.3) is 6.08 Å². The first kappa shape index (κ1) is 15.2. The molecule has 4 heteroatoms. The van der Waals surface area contributed by atoms with Gasteiger partial charge in [-0.15, -0.1) is 0 Å². The first-order valence-electron chi connectivity index (χ1n) is 7.52. The van der Waals surface area contributed by atoms with Crippen LogP contribution in [0.1, 0.15) is 28.8 Å². The van der Waals surface area contributed by atoms with E-state index in [1.54, 1.807) is 47.4 Å². The zero-order valence-corrected chi connectivity index (χ0v) is 12.5. The van der Waals surface area contributed by atoms with Gasteiger partial charge in [0, 0.05) is 29.8 Å². The molecule has 0 aromatic heterocycles. The minimum absolute atomic E-state index is 0.114. The summed E-state index contributed by atoms with van der Waals surface area (Å²) in [7, 11) is 0. The summed E-state index contributed by atoms with van der Waals surface area (Å²) in [5, 5.41) is 0. The molecule has 0 radical (unpaired) electrons. The number of carbonyl (C=O) groups excluding carboxylic acids is 2. The van der Waals surface area contributed by atoms with Crippen molar-refractivity contribution in [3.63, 3.8) is 0 Å². The number of rotatable bonds is 4.